The van der Waals surface area contributed by atoms with E-state index >= 15 is 0 Å². The van der Waals surface area contributed by atoms with Crippen LogP contribution >= 0.6 is 0 Å². The molecule has 0 spiro atoms. The molecule has 0 N–H and O–H groups in total. The van der Waals surface area contributed by atoms with Crippen molar-refractivity contribution in [3.63, 3.8) is 0 Å². The van der Waals surface area contributed by atoms with Crippen LogP contribution in [-0.4, -0.2) is 54.6 Å². The van der Waals surface area contributed by atoms with E-state index in [2.05, 4.69) is 39.8 Å². The van der Waals surface area contributed by atoms with E-state index < -0.39 is 0 Å². The highest BCUT2D eigenvalue weighted by Crippen LogP contribution is 2.32. The Morgan fingerprint density at radius 2 is 1.81 bits per heavy atom. The molecule has 0 amide bonds. The first-order valence-electron chi connectivity index (χ1n) is 11.6. The first-order chi connectivity index (χ1) is 13.3. The van der Waals surface area contributed by atoms with Gasteiger partial charge in [-0.25, -0.2) is 0 Å². The van der Waals surface area contributed by atoms with Crippen LogP contribution in [0.1, 0.15) is 63.0 Å². The molecule has 3 heteroatoms. The van der Waals surface area contributed by atoms with Gasteiger partial charge in [-0.1, -0.05) is 18.9 Å². The van der Waals surface area contributed by atoms with Gasteiger partial charge in [0.25, 0.3) is 0 Å². The molecule has 5 rings (SSSR count). The van der Waals surface area contributed by atoms with Crippen molar-refractivity contribution in [1.29, 1.82) is 0 Å². The maximum absolute atomic E-state index is 2.78. The Kier molecular flexibility index (Phi) is 5.17. The molecule has 4 aliphatic rings. The predicted octanol–water partition coefficient (Wildman–Crippen LogP) is 4.30. The first-order valence-corrected chi connectivity index (χ1v) is 11.6. The lowest BCUT2D eigenvalue weighted by Crippen LogP contribution is -2.39. The first kappa shape index (κ1) is 18.0. The summed E-state index contributed by atoms with van der Waals surface area (Å²) in [4.78, 5) is 8.15. The van der Waals surface area contributed by atoms with E-state index in [9.17, 15) is 0 Å². The molecular formula is C24H37N3. The minimum absolute atomic E-state index is 0.778. The van der Waals surface area contributed by atoms with Gasteiger partial charge in [0.15, 0.2) is 0 Å². The minimum Gasteiger partial charge on any atom is -0.370 e. The largest absolute Gasteiger partial charge is 0.370 e. The van der Waals surface area contributed by atoms with E-state index in [0.717, 1.165) is 18.0 Å². The summed E-state index contributed by atoms with van der Waals surface area (Å²) in [5.41, 5.74) is 4.69. The number of hydrogen-bond donors (Lipinski definition) is 0. The number of nitrogens with zero attached hydrogens (tertiary/aromatic N) is 3. The van der Waals surface area contributed by atoms with Crippen molar-refractivity contribution in [3.8, 4) is 0 Å². The van der Waals surface area contributed by atoms with Crippen LogP contribution in [0.15, 0.2) is 18.2 Å². The molecule has 1 aromatic carbocycles. The van der Waals surface area contributed by atoms with Gasteiger partial charge in [0.1, 0.15) is 0 Å². The Hall–Kier alpha value is -1.06. The van der Waals surface area contributed by atoms with Gasteiger partial charge in [-0.3, -0.25) is 9.80 Å². The Balaban J connectivity index is 1.21. The molecule has 148 valence electrons. The maximum Gasteiger partial charge on any atom is 0.0369 e. The summed E-state index contributed by atoms with van der Waals surface area (Å²) < 4.78 is 0. The fourth-order valence-corrected chi connectivity index (χ4v) is 6.25. The number of anilines is 1. The standard InChI is InChI=1S/C24H37N3/c1-19-5-4-12-27(19)24-11-14-26(18-24)23-9-8-22-17-25(13-10-21(22)15-23)16-20-6-2-3-7-20/h8-9,15,19-20,24H,2-7,10-14,16-18H2,1H3/t19-,24-/m0/s1. The second-order valence-corrected chi connectivity index (χ2v) is 9.71. The maximum atomic E-state index is 2.78. The quantitative estimate of drug-likeness (QED) is 0.786. The molecule has 0 radical (unpaired) electrons. The van der Waals surface area contributed by atoms with E-state index in [1.807, 2.05) is 0 Å². The summed E-state index contributed by atoms with van der Waals surface area (Å²) in [6, 6.07) is 8.95. The molecule has 2 atom stereocenters. The molecule has 0 bridgehead atoms. The van der Waals surface area contributed by atoms with Crippen molar-refractivity contribution < 1.29 is 0 Å². The van der Waals surface area contributed by atoms with E-state index in [-0.39, 0.29) is 0 Å². The summed E-state index contributed by atoms with van der Waals surface area (Å²) in [6.07, 6.45) is 11.2. The molecule has 0 aromatic heterocycles. The lowest BCUT2D eigenvalue weighted by Gasteiger charge is -2.32. The predicted molar refractivity (Wildman–Crippen MR) is 113 cm³/mol. The van der Waals surface area contributed by atoms with Crippen molar-refractivity contribution in [3.05, 3.63) is 29.3 Å². The van der Waals surface area contributed by atoms with Gasteiger partial charge in [0.2, 0.25) is 0 Å². The van der Waals surface area contributed by atoms with Gasteiger partial charge in [0, 0.05) is 50.5 Å². The van der Waals surface area contributed by atoms with E-state index in [1.165, 1.54) is 96.3 Å². The number of fused-ring (bicyclic) bond motifs is 1. The van der Waals surface area contributed by atoms with E-state index in [4.69, 9.17) is 0 Å². The SMILES string of the molecule is C[C@H]1CCCN1[C@H]1CCN(c2ccc3c(c2)CCN(CC2CCCC2)C3)C1. The molecule has 2 saturated heterocycles. The molecule has 1 aliphatic carbocycles. The molecule has 3 nitrogen and oxygen atoms in total. The lowest BCUT2D eigenvalue weighted by molar-refractivity contribution is 0.204. The highest BCUT2D eigenvalue weighted by molar-refractivity contribution is 5.52. The van der Waals surface area contributed by atoms with Crippen LogP contribution in [-0.2, 0) is 13.0 Å². The van der Waals surface area contributed by atoms with Crippen molar-refractivity contribution >= 4 is 5.69 Å². The number of rotatable bonds is 4. The second-order valence-electron chi connectivity index (χ2n) is 9.71. The van der Waals surface area contributed by atoms with E-state index in [0.29, 0.717) is 0 Å². The number of benzene rings is 1. The highest BCUT2D eigenvalue weighted by Gasteiger charge is 2.33. The summed E-state index contributed by atoms with van der Waals surface area (Å²) in [5, 5.41) is 0. The fourth-order valence-electron chi connectivity index (χ4n) is 6.25. The van der Waals surface area contributed by atoms with Gasteiger partial charge < -0.3 is 4.90 Å². The van der Waals surface area contributed by atoms with Gasteiger partial charge >= 0.3 is 0 Å². The summed E-state index contributed by atoms with van der Waals surface area (Å²) in [5.74, 6) is 0.973. The summed E-state index contributed by atoms with van der Waals surface area (Å²) >= 11 is 0. The summed E-state index contributed by atoms with van der Waals surface area (Å²) in [6.45, 7) is 9.99. The normalized spacial score (nSPS) is 30.3. The van der Waals surface area contributed by atoms with Gasteiger partial charge in [-0.15, -0.1) is 0 Å². The zero-order valence-corrected chi connectivity index (χ0v) is 17.2. The monoisotopic (exact) mass is 367 g/mol. The van der Waals surface area contributed by atoms with Crippen LogP contribution in [0.3, 0.4) is 0 Å². The Bertz CT molecular complexity index is 651. The minimum atomic E-state index is 0.778. The molecule has 1 saturated carbocycles. The van der Waals surface area contributed by atoms with Gasteiger partial charge in [0.05, 0.1) is 0 Å². The number of hydrogen-bond acceptors (Lipinski definition) is 3. The Morgan fingerprint density at radius 1 is 0.926 bits per heavy atom. The topological polar surface area (TPSA) is 9.72 Å². The second kappa shape index (κ2) is 7.75. The van der Waals surface area contributed by atoms with Crippen LogP contribution in [0.25, 0.3) is 0 Å². The average molecular weight is 368 g/mol. The van der Waals surface area contributed by atoms with Gasteiger partial charge in [-0.2, -0.15) is 0 Å². The van der Waals surface area contributed by atoms with Gasteiger partial charge in [-0.05, 0) is 81.2 Å². The Labute approximate surface area is 165 Å². The molecule has 3 heterocycles. The van der Waals surface area contributed by atoms with Crippen molar-refractivity contribution in [1.82, 2.24) is 9.80 Å². The molecule has 1 aromatic rings. The number of likely N-dealkylation sites (tertiary alicyclic amines) is 1. The van der Waals surface area contributed by atoms with Crippen molar-refractivity contribution in [2.75, 3.05) is 37.6 Å². The average Bonchev–Trinajstić information content (AvgIpc) is 3.43. The highest BCUT2D eigenvalue weighted by atomic mass is 15.3. The molecule has 3 fully saturated rings. The van der Waals surface area contributed by atoms with Crippen LogP contribution < -0.4 is 4.90 Å². The Morgan fingerprint density at radius 3 is 2.63 bits per heavy atom. The molecular weight excluding hydrogens is 330 g/mol. The van der Waals surface area contributed by atoms with Crippen molar-refractivity contribution in [2.45, 2.75) is 76.9 Å². The van der Waals surface area contributed by atoms with Crippen molar-refractivity contribution in [2.24, 2.45) is 5.92 Å². The molecule has 3 aliphatic heterocycles. The smallest absolute Gasteiger partial charge is 0.0369 e. The lowest BCUT2D eigenvalue weighted by atomic mass is 9.97. The molecule has 27 heavy (non-hydrogen) atoms. The molecule has 0 unspecified atom stereocenters. The zero-order valence-electron chi connectivity index (χ0n) is 17.2. The summed E-state index contributed by atoms with van der Waals surface area (Å²) in [7, 11) is 0. The third-order valence-electron chi connectivity index (χ3n) is 7.87. The fraction of sp³-hybridized carbons (Fsp3) is 0.750. The van der Waals surface area contributed by atoms with Crippen LogP contribution in [0, 0.1) is 5.92 Å². The third-order valence-corrected chi connectivity index (χ3v) is 7.87. The zero-order chi connectivity index (χ0) is 18.2. The van der Waals surface area contributed by atoms with E-state index in [1.54, 1.807) is 11.1 Å². The van der Waals surface area contributed by atoms with Crippen LogP contribution in [0.4, 0.5) is 5.69 Å². The van der Waals surface area contributed by atoms with Crippen LogP contribution in [0.2, 0.25) is 0 Å². The van der Waals surface area contributed by atoms with Crippen LogP contribution in [0.5, 0.6) is 0 Å². The third kappa shape index (κ3) is 3.78.